The highest BCUT2D eigenvalue weighted by Crippen LogP contribution is 2.36. The van der Waals surface area contributed by atoms with E-state index in [0.717, 1.165) is 10.0 Å². The van der Waals surface area contributed by atoms with Gasteiger partial charge in [-0.2, -0.15) is 0 Å². The lowest BCUT2D eigenvalue weighted by Gasteiger charge is -2.20. The number of hydrogen-bond acceptors (Lipinski definition) is 5. The van der Waals surface area contributed by atoms with Crippen molar-refractivity contribution < 1.29 is 23.7 Å². The summed E-state index contributed by atoms with van der Waals surface area (Å²) in [5.41, 5.74) is 1.50. The topological polar surface area (TPSA) is 66.0 Å². The number of hydrogen-bond donors (Lipinski definition) is 1. The predicted octanol–water partition coefficient (Wildman–Crippen LogP) is 3.17. The van der Waals surface area contributed by atoms with E-state index in [4.69, 9.17) is 18.9 Å². The molecule has 130 valence electrons. The summed E-state index contributed by atoms with van der Waals surface area (Å²) in [7, 11) is 0. The van der Waals surface area contributed by atoms with Gasteiger partial charge in [-0.15, -0.1) is 0 Å². The first-order valence-electron chi connectivity index (χ1n) is 7.96. The minimum atomic E-state index is -0.131. The van der Waals surface area contributed by atoms with Gasteiger partial charge >= 0.3 is 0 Å². The van der Waals surface area contributed by atoms with Crippen LogP contribution in [-0.4, -0.2) is 32.3 Å². The smallest absolute Gasteiger partial charge is 0.228 e. The normalized spacial score (nSPS) is 14.8. The summed E-state index contributed by atoms with van der Waals surface area (Å²) in [6.07, 6.45) is 0.214. The lowest BCUT2D eigenvalue weighted by atomic mass is 10.1. The zero-order valence-electron chi connectivity index (χ0n) is 13.3. The van der Waals surface area contributed by atoms with Crippen molar-refractivity contribution in [3.63, 3.8) is 0 Å². The fraction of sp³-hybridized carbons (Fsp3) is 0.278. The maximum atomic E-state index is 12.4. The summed E-state index contributed by atoms with van der Waals surface area (Å²) >= 11 is 3.49. The molecule has 0 fully saturated rings. The third-order valence-corrected chi connectivity index (χ3v) is 4.63. The van der Waals surface area contributed by atoms with Crippen LogP contribution in [0.15, 0.2) is 34.8 Å². The largest absolute Gasteiger partial charge is 0.486 e. The molecule has 0 aromatic heterocycles. The van der Waals surface area contributed by atoms with E-state index in [0.29, 0.717) is 55.1 Å². The molecule has 1 amide bonds. The Morgan fingerprint density at radius 3 is 2.20 bits per heavy atom. The summed E-state index contributed by atoms with van der Waals surface area (Å²) < 4.78 is 22.9. The molecular weight excluding hydrogens is 390 g/mol. The van der Waals surface area contributed by atoms with Crippen LogP contribution >= 0.6 is 15.9 Å². The molecule has 0 saturated heterocycles. The van der Waals surface area contributed by atoms with Crippen molar-refractivity contribution in [3.05, 3.63) is 40.4 Å². The van der Waals surface area contributed by atoms with E-state index in [9.17, 15) is 4.79 Å². The molecule has 0 atom stereocenters. The summed E-state index contributed by atoms with van der Waals surface area (Å²) in [6, 6.07) is 9.03. The van der Waals surface area contributed by atoms with Gasteiger partial charge in [0.25, 0.3) is 0 Å². The lowest BCUT2D eigenvalue weighted by Crippen LogP contribution is -2.18. The molecule has 0 aliphatic carbocycles. The van der Waals surface area contributed by atoms with Crippen LogP contribution in [-0.2, 0) is 11.2 Å². The standard InChI is InChI=1S/C18H16BrNO5/c19-13-10-17-15(23-5-6-25-17)7-11(13)8-18(21)20-12-1-2-14-16(9-12)24-4-3-22-14/h1-2,7,9-10H,3-6,8H2,(H,20,21). The van der Waals surface area contributed by atoms with E-state index in [1.165, 1.54) is 0 Å². The van der Waals surface area contributed by atoms with Crippen molar-refractivity contribution in [2.45, 2.75) is 6.42 Å². The molecule has 25 heavy (non-hydrogen) atoms. The molecule has 0 bridgehead atoms. The Morgan fingerprint density at radius 1 is 0.880 bits per heavy atom. The fourth-order valence-corrected chi connectivity index (χ4v) is 3.20. The summed E-state index contributed by atoms with van der Waals surface area (Å²) in [4.78, 5) is 12.4. The number of nitrogens with one attached hydrogen (secondary N) is 1. The van der Waals surface area contributed by atoms with Crippen molar-refractivity contribution in [3.8, 4) is 23.0 Å². The van der Waals surface area contributed by atoms with Gasteiger partial charge in [-0.05, 0) is 29.8 Å². The van der Waals surface area contributed by atoms with E-state index in [1.807, 2.05) is 12.1 Å². The zero-order chi connectivity index (χ0) is 17.2. The highest BCUT2D eigenvalue weighted by Gasteiger charge is 2.17. The molecule has 6 nitrogen and oxygen atoms in total. The van der Waals surface area contributed by atoms with Crippen molar-refractivity contribution in [2.75, 3.05) is 31.7 Å². The average molecular weight is 406 g/mol. The van der Waals surface area contributed by atoms with E-state index >= 15 is 0 Å². The van der Waals surface area contributed by atoms with Crippen LogP contribution in [0.1, 0.15) is 5.56 Å². The number of anilines is 1. The number of carbonyl (C=O) groups is 1. The number of fused-ring (bicyclic) bond motifs is 2. The molecule has 0 spiro atoms. The van der Waals surface area contributed by atoms with Gasteiger partial charge in [0.2, 0.25) is 5.91 Å². The quantitative estimate of drug-likeness (QED) is 0.849. The second-order valence-electron chi connectivity index (χ2n) is 5.67. The number of ether oxygens (including phenoxy) is 4. The molecule has 0 unspecified atom stereocenters. The van der Waals surface area contributed by atoms with E-state index < -0.39 is 0 Å². The first-order chi connectivity index (χ1) is 12.2. The van der Waals surface area contributed by atoms with Crippen molar-refractivity contribution in [1.82, 2.24) is 0 Å². The summed E-state index contributed by atoms with van der Waals surface area (Å²) in [5.74, 6) is 2.56. The number of amides is 1. The second-order valence-corrected chi connectivity index (χ2v) is 6.53. The van der Waals surface area contributed by atoms with Gasteiger partial charge in [0, 0.05) is 16.2 Å². The Bertz CT molecular complexity index is 823. The minimum Gasteiger partial charge on any atom is -0.486 e. The van der Waals surface area contributed by atoms with Crippen LogP contribution in [0.5, 0.6) is 23.0 Å². The molecule has 0 radical (unpaired) electrons. The fourth-order valence-electron chi connectivity index (χ4n) is 2.74. The van der Waals surface area contributed by atoms with Crippen LogP contribution in [0.25, 0.3) is 0 Å². The Balaban J connectivity index is 1.47. The Kier molecular flexibility index (Phi) is 4.40. The monoisotopic (exact) mass is 405 g/mol. The summed E-state index contributed by atoms with van der Waals surface area (Å²) in [5, 5.41) is 2.88. The summed E-state index contributed by atoms with van der Waals surface area (Å²) in [6.45, 7) is 2.09. The van der Waals surface area contributed by atoms with E-state index in [-0.39, 0.29) is 12.3 Å². The van der Waals surface area contributed by atoms with Crippen LogP contribution in [0.3, 0.4) is 0 Å². The third kappa shape index (κ3) is 3.51. The molecule has 2 aromatic rings. The molecule has 4 rings (SSSR count). The second kappa shape index (κ2) is 6.84. The number of carbonyl (C=O) groups excluding carboxylic acids is 1. The van der Waals surface area contributed by atoms with E-state index in [2.05, 4.69) is 21.2 Å². The van der Waals surface area contributed by atoms with Gasteiger partial charge in [-0.25, -0.2) is 0 Å². The molecule has 1 N–H and O–H groups in total. The van der Waals surface area contributed by atoms with Gasteiger partial charge < -0.3 is 24.3 Å². The Morgan fingerprint density at radius 2 is 1.48 bits per heavy atom. The Labute approximate surface area is 153 Å². The van der Waals surface area contributed by atoms with Crippen LogP contribution in [0.2, 0.25) is 0 Å². The maximum absolute atomic E-state index is 12.4. The molecule has 2 heterocycles. The van der Waals surface area contributed by atoms with Crippen LogP contribution < -0.4 is 24.3 Å². The minimum absolute atomic E-state index is 0.131. The predicted molar refractivity (Wildman–Crippen MR) is 94.9 cm³/mol. The number of benzene rings is 2. The number of rotatable bonds is 3. The lowest BCUT2D eigenvalue weighted by molar-refractivity contribution is -0.115. The molecule has 2 aromatic carbocycles. The van der Waals surface area contributed by atoms with Gasteiger partial charge in [-0.3, -0.25) is 4.79 Å². The molecule has 7 heteroatoms. The molecular formula is C18H16BrNO5. The van der Waals surface area contributed by atoms with Gasteiger partial charge in [0.05, 0.1) is 6.42 Å². The van der Waals surface area contributed by atoms with Crippen LogP contribution in [0.4, 0.5) is 5.69 Å². The highest BCUT2D eigenvalue weighted by molar-refractivity contribution is 9.10. The zero-order valence-corrected chi connectivity index (χ0v) is 14.9. The Hall–Kier alpha value is -2.41. The first kappa shape index (κ1) is 16.1. The highest BCUT2D eigenvalue weighted by atomic mass is 79.9. The maximum Gasteiger partial charge on any atom is 0.228 e. The SMILES string of the molecule is O=C(Cc1cc2c(cc1Br)OCCO2)Nc1ccc2c(c1)OCCO2. The van der Waals surface area contributed by atoms with Crippen LogP contribution in [0, 0.1) is 0 Å². The van der Waals surface area contributed by atoms with Crippen molar-refractivity contribution in [2.24, 2.45) is 0 Å². The van der Waals surface area contributed by atoms with Gasteiger partial charge in [-0.1, -0.05) is 15.9 Å². The third-order valence-electron chi connectivity index (χ3n) is 3.89. The van der Waals surface area contributed by atoms with Crippen molar-refractivity contribution in [1.29, 1.82) is 0 Å². The van der Waals surface area contributed by atoms with Gasteiger partial charge in [0.15, 0.2) is 23.0 Å². The van der Waals surface area contributed by atoms with Crippen molar-refractivity contribution >= 4 is 27.5 Å². The first-order valence-corrected chi connectivity index (χ1v) is 8.76. The van der Waals surface area contributed by atoms with Gasteiger partial charge in [0.1, 0.15) is 26.4 Å². The van der Waals surface area contributed by atoms with E-state index in [1.54, 1.807) is 18.2 Å². The molecule has 2 aliphatic heterocycles. The average Bonchev–Trinajstić information content (AvgIpc) is 2.62. The molecule has 0 saturated carbocycles. The number of halogens is 1. The molecule has 2 aliphatic rings.